The first-order valence-electron chi connectivity index (χ1n) is 9.93. The number of halogens is 1. The van der Waals surface area contributed by atoms with Crippen molar-refractivity contribution in [2.24, 2.45) is 5.92 Å². The van der Waals surface area contributed by atoms with Crippen LogP contribution in [0.15, 0.2) is 18.2 Å². The Morgan fingerprint density at radius 3 is 2.35 bits per heavy atom. The van der Waals surface area contributed by atoms with Crippen molar-refractivity contribution in [2.45, 2.75) is 88.8 Å². The monoisotopic (exact) mass is 332 g/mol. The predicted octanol–water partition coefficient (Wildman–Crippen LogP) is 6.60. The fourth-order valence-electron chi connectivity index (χ4n) is 5.14. The van der Waals surface area contributed by atoms with Gasteiger partial charge in [-0.05, 0) is 54.3 Å². The van der Waals surface area contributed by atoms with Crippen molar-refractivity contribution in [3.63, 3.8) is 0 Å². The molecule has 0 bridgehead atoms. The molecule has 0 atom stereocenters. The topological polar surface area (TPSA) is 0 Å². The zero-order chi connectivity index (χ0) is 16.2. The van der Waals surface area contributed by atoms with E-state index in [1.165, 1.54) is 69.0 Å². The molecule has 0 unspecified atom stereocenters. The fraction of sp³-hybridized carbons (Fsp3) is 0.714. The number of rotatable bonds is 4. The summed E-state index contributed by atoms with van der Waals surface area (Å²) in [5.41, 5.74) is 3.16. The molecule has 0 N–H and O–H groups in total. The zero-order valence-corrected chi connectivity index (χ0v) is 16.1. The van der Waals surface area contributed by atoms with Crippen LogP contribution in [0.25, 0.3) is 0 Å². The van der Waals surface area contributed by atoms with Gasteiger partial charge >= 0.3 is 0 Å². The summed E-state index contributed by atoms with van der Waals surface area (Å²) < 4.78 is 13.8. The third-order valence-electron chi connectivity index (χ3n) is 6.69. The van der Waals surface area contributed by atoms with E-state index in [0.29, 0.717) is 5.92 Å². The Morgan fingerprint density at radius 1 is 1.04 bits per heavy atom. The van der Waals surface area contributed by atoms with Gasteiger partial charge in [0.15, 0.2) is 0 Å². The molecule has 2 heteroatoms. The molecule has 1 aromatic rings. The molecule has 1 saturated carbocycles. The van der Waals surface area contributed by atoms with Crippen LogP contribution < -0.4 is 0 Å². The maximum Gasteiger partial charge on any atom is 0.126 e. The van der Waals surface area contributed by atoms with Crippen LogP contribution in [0.5, 0.6) is 0 Å². The maximum absolute atomic E-state index is 13.8. The van der Waals surface area contributed by atoms with Gasteiger partial charge in [0, 0.05) is 8.80 Å². The summed E-state index contributed by atoms with van der Waals surface area (Å²) in [5.74, 6) is 1.65. The van der Waals surface area contributed by atoms with Crippen molar-refractivity contribution in [2.75, 3.05) is 0 Å². The SMILES string of the molecule is CCC[C@H]1CC[C@H]([SiH]2CCC(c3ccc(C)c(F)c3)CC2)CC1. The van der Waals surface area contributed by atoms with Crippen molar-refractivity contribution < 1.29 is 4.39 Å². The Hall–Kier alpha value is -0.633. The van der Waals surface area contributed by atoms with Gasteiger partial charge in [0.2, 0.25) is 0 Å². The van der Waals surface area contributed by atoms with Crippen molar-refractivity contribution >= 4 is 8.80 Å². The second-order valence-electron chi connectivity index (χ2n) is 8.19. The van der Waals surface area contributed by atoms with Crippen molar-refractivity contribution in [1.29, 1.82) is 0 Å². The van der Waals surface area contributed by atoms with Crippen molar-refractivity contribution in [1.82, 2.24) is 0 Å². The summed E-state index contributed by atoms with van der Waals surface area (Å²) in [6, 6.07) is 8.94. The van der Waals surface area contributed by atoms with E-state index in [0.717, 1.165) is 17.0 Å². The Kier molecular flexibility index (Phi) is 5.95. The lowest BCUT2D eigenvalue weighted by molar-refractivity contribution is 0.332. The molecule has 0 aromatic heterocycles. The minimum Gasteiger partial charge on any atom is -0.207 e. The van der Waals surface area contributed by atoms with Crippen molar-refractivity contribution in [3.05, 3.63) is 35.1 Å². The predicted molar refractivity (Wildman–Crippen MR) is 100 cm³/mol. The second kappa shape index (κ2) is 7.96. The highest BCUT2D eigenvalue weighted by molar-refractivity contribution is 6.60. The van der Waals surface area contributed by atoms with Gasteiger partial charge in [0.25, 0.3) is 0 Å². The lowest BCUT2D eigenvalue weighted by Crippen LogP contribution is -2.29. The number of aryl methyl sites for hydroxylation is 1. The normalized spacial score (nSPS) is 32.0. The van der Waals surface area contributed by atoms with Crippen LogP contribution in [0.2, 0.25) is 17.6 Å². The van der Waals surface area contributed by atoms with Crippen LogP contribution in [-0.4, -0.2) is 8.80 Å². The van der Waals surface area contributed by atoms with E-state index in [1.54, 1.807) is 6.07 Å². The molecule has 1 aliphatic carbocycles. The molecular formula is C21H33FSi. The van der Waals surface area contributed by atoms with E-state index in [1.807, 2.05) is 13.0 Å². The first-order valence-corrected chi connectivity index (χ1v) is 12.2. The van der Waals surface area contributed by atoms with Gasteiger partial charge < -0.3 is 0 Å². The number of hydrogen-bond donors (Lipinski definition) is 0. The van der Waals surface area contributed by atoms with Gasteiger partial charge in [0.1, 0.15) is 5.82 Å². The van der Waals surface area contributed by atoms with E-state index in [-0.39, 0.29) is 5.82 Å². The lowest BCUT2D eigenvalue weighted by Gasteiger charge is -2.37. The van der Waals surface area contributed by atoms with Gasteiger partial charge in [-0.1, -0.05) is 69.7 Å². The van der Waals surface area contributed by atoms with Gasteiger partial charge in [-0.25, -0.2) is 4.39 Å². The molecular weight excluding hydrogens is 299 g/mol. The minimum absolute atomic E-state index is 0.0175. The summed E-state index contributed by atoms with van der Waals surface area (Å²) in [5, 5.41) is 0. The summed E-state index contributed by atoms with van der Waals surface area (Å²) in [7, 11) is -0.533. The van der Waals surface area contributed by atoms with E-state index in [2.05, 4.69) is 13.0 Å². The quantitative estimate of drug-likeness (QED) is 0.545. The van der Waals surface area contributed by atoms with E-state index < -0.39 is 8.80 Å². The standard InChI is InChI=1S/C21H33FSi/c1-3-4-17-6-9-20(10-7-17)23-13-11-18(12-14-23)19-8-5-16(2)21(22)15-19/h5,8,15,17-18,20,23H,3-4,6-7,9-14H2,1-2H3/t17-,18?,20-,23?. The Labute approximate surface area is 143 Å². The molecule has 1 aliphatic heterocycles. The van der Waals surface area contributed by atoms with E-state index in [9.17, 15) is 4.39 Å². The van der Waals surface area contributed by atoms with Crippen LogP contribution in [0.1, 0.15) is 75.3 Å². The summed E-state index contributed by atoms with van der Waals surface area (Å²) in [6.45, 7) is 4.19. The molecule has 0 radical (unpaired) electrons. The summed E-state index contributed by atoms with van der Waals surface area (Å²) >= 11 is 0. The fourth-order valence-corrected chi connectivity index (χ4v) is 9.36. The van der Waals surface area contributed by atoms with Gasteiger partial charge in [0.05, 0.1) is 0 Å². The second-order valence-corrected chi connectivity index (χ2v) is 11.8. The van der Waals surface area contributed by atoms with E-state index in [4.69, 9.17) is 0 Å². The molecule has 1 heterocycles. The average molecular weight is 333 g/mol. The molecule has 0 amide bonds. The van der Waals surface area contributed by atoms with Crippen LogP contribution in [-0.2, 0) is 0 Å². The lowest BCUT2D eigenvalue weighted by atomic mass is 9.86. The molecule has 128 valence electrons. The molecule has 2 aliphatic rings. The third kappa shape index (κ3) is 4.26. The van der Waals surface area contributed by atoms with Gasteiger partial charge in [-0.2, -0.15) is 0 Å². The summed E-state index contributed by atoms with van der Waals surface area (Å²) in [6.07, 6.45) is 11.6. The maximum atomic E-state index is 13.8. The molecule has 23 heavy (non-hydrogen) atoms. The third-order valence-corrected chi connectivity index (χ3v) is 10.8. The minimum atomic E-state index is -0.533. The first kappa shape index (κ1) is 17.2. The van der Waals surface area contributed by atoms with Crippen LogP contribution in [0.3, 0.4) is 0 Å². The van der Waals surface area contributed by atoms with Gasteiger partial charge in [-0.3, -0.25) is 0 Å². The largest absolute Gasteiger partial charge is 0.207 e. The van der Waals surface area contributed by atoms with Crippen LogP contribution in [0, 0.1) is 18.7 Å². The highest BCUT2D eigenvalue weighted by Crippen LogP contribution is 2.43. The summed E-state index contributed by atoms with van der Waals surface area (Å²) in [4.78, 5) is 0. The Balaban J connectivity index is 1.50. The molecule has 0 nitrogen and oxygen atoms in total. The Morgan fingerprint density at radius 2 is 1.74 bits per heavy atom. The highest BCUT2D eigenvalue weighted by Gasteiger charge is 2.32. The van der Waals surface area contributed by atoms with Crippen LogP contribution in [0.4, 0.5) is 4.39 Å². The zero-order valence-electron chi connectivity index (χ0n) is 15.0. The molecule has 3 rings (SSSR count). The molecule has 2 fully saturated rings. The number of hydrogen-bond acceptors (Lipinski definition) is 0. The molecule has 0 spiro atoms. The van der Waals surface area contributed by atoms with Crippen molar-refractivity contribution in [3.8, 4) is 0 Å². The smallest absolute Gasteiger partial charge is 0.126 e. The van der Waals surface area contributed by atoms with Gasteiger partial charge in [-0.15, -0.1) is 0 Å². The highest BCUT2D eigenvalue weighted by atomic mass is 28.3. The van der Waals surface area contributed by atoms with Crippen LogP contribution >= 0.6 is 0 Å². The molecule has 1 aromatic carbocycles. The number of benzene rings is 1. The molecule has 1 saturated heterocycles. The first-order chi connectivity index (χ1) is 11.2. The average Bonchev–Trinajstić information content (AvgIpc) is 2.59. The van der Waals surface area contributed by atoms with E-state index >= 15 is 0 Å². The Bertz CT molecular complexity index is 497.